The molecule has 3 heteroatoms. The Kier molecular flexibility index (Phi) is 4.39. The molecule has 0 radical (unpaired) electrons. The van der Waals surface area contributed by atoms with Crippen molar-refractivity contribution in [2.75, 3.05) is 0 Å². The van der Waals surface area contributed by atoms with Crippen molar-refractivity contribution in [3.8, 4) is 0 Å². The Balaban J connectivity index is 2.31. The summed E-state index contributed by atoms with van der Waals surface area (Å²) in [5.74, 6) is 0.676. The number of carbonyl (C=O) groups excluding carboxylic acids is 1. The molecule has 1 aliphatic carbocycles. The van der Waals surface area contributed by atoms with Crippen LogP contribution in [0.15, 0.2) is 0 Å². The van der Waals surface area contributed by atoms with Crippen LogP contribution in [0, 0.1) is 5.92 Å². The molecule has 1 unspecified atom stereocenters. The maximum Gasteiger partial charge on any atom is 0.237 e. The quantitative estimate of drug-likeness (QED) is 0.717. The van der Waals surface area contributed by atoms with Gasteiger partial charge in [0.1, 0.15) is 0 Å². The third kappa shape index (κ3) is 2.98. The number of hydrogen-bond acceptors (Lipinski definition) is 2. The molecule has 0 aromatic heterocycles. The van der Waals surface area contributed by atoms with E-state index in [0.717, 1.165) is 0 Å². The van der Waals surface area contributed by atoms with Gasteiger partial charge in [0.15, 0.2) is 0 Å². The van der Waals surface area contributed by atoms with Crippen molar-refractivity contribution in [1.82, 2.24) is 5.32 Å². The number of carbonyl (C=O) groups is 1. The predicted octanol–water partition coefficient (Wildman–Crippen LogP) is 1.42. The van der Waals surface area contributed by atoms with Crippen LogP contribution >= 0.6 is 0 Å². The van der Waals surface area contributed by atoms with Gasteiger partial charge in [-0.05, 0) is 32.1 Å². The molecule has 0 aromatic rings. The predicted molar refractivity (Wildman–Crippen MR) is 57.8 cm³/mol. The second-order valence-electron chi connectivity index (χ2n) is 4.36. The van der Waals surface area contributed by atoms with Crippen LogP contribution in [0.1, 0.15) is 46.0 Å². The second-order valence-corrected chi connectivity index (χ2v) is 4.36. The van der Waals surface area contributed by atoms with Crippen LogP contribution in [-0.2, 0) is 4.79 Å². The summed E-state index contributed by atoms with van der Waals surface area (Å²) in [6.45, 7) is 4.03. The van der Waals surface area contributed by atoms with Crippen molar-refractivity contribution < 1.29 is 4.79 Å². The summed E-state index contributed by atoms with van der Waals surface area (Å²) < 4.78 is 0. The number of hydrogen-bond donors (Lipinski definition) is 2. The van der Waals surface area contributed by atoms with E-state index in [-0.39, 0.29) is 11.9 Å². The molecule has 1 saturated carbocycles. The van der Waals surface area contributed by atoms with Crippen molar-refractivity contribution in [1.29, 1.82) is 0 Å². The van der Waals surface area contributed by atoms with Gasteiger partial charge in [0.05, 0.1) is 6.04 Å². The summed E-state index contributed by atoms with van der Waals surface area (Å²) in [6, 6.07) is -0.0403. The highest BCUT2D eigenvalue weighted by Gasteiger charge is 2.23. The van der Waals surface area contributed by atoms with Gasteiger partial charge >= 0.3 is 0 Å². The fourth-order valence-corrected chi connectivity index (χ4v) is 2.09. The van der Waals surface area contributed by atoms with Crippen LogP contribution < -0.4 is 11.1 Å². The van der Waals surface area contributed by atoms with Crippen LogP contribution in [0.4, 0.5) is 0 Å². The van der Waals surface area contributed by atoms with Crippen molar-refractivity contribution in [2.24, 2.45) is 11.7 Å². The van der Waals surface area contributed by atoms with Crippen LogP contribution in [-0.4, -0.2) is 18.0 Å². The van der Waals surface area contributed by atoms with Gasteiger partial charge in [0.25, 0.3) is 0 Å². The molecular weight excluding hydrogens is 176 g/mol. The van der Waals surface area contributed by atoms with Crippen LogP contribution in [0.5, 0.6) is 0 Å². The van der Waals surface area contributed by atoms with Crippen molar-refractivity contribution in [3.05, 3.63) is 0 Å². The highest BCUT2D eigenvalue weighted by atomic mass is 16.2. The third-order valence-electron chi connectivity index (χ3n) is 3.25. The monoisotopic (exact) mass is 198 g/mol. The summed E-state index contributed by atoms with van der Waals surface area (Å²) in [6.07, 6.45) is 5.84. The first kappa shape index (κ1) is 11.5. The minimum atomic E-state index is -0.334. The minimum absolute atomic E-state index is 0.00639. The van der Waals surface area contributed by atoms with E-state index < -0.39 is 0 Å². The Hall–Kier alpha value is -0.570. The summed E-state index contributed by atoms with van der Waals surface area (Å²) in [5, 5.41) is 3.01. The highest BCUT2D eigenvalue weighted by molar-refractivity contribution is 5.81. The first-order valence-corrected chi connectivity index (χ1v) is 5.71. The van der Waals surface area contributed by atoms with Crippen LogP contribution in [0.2, 0.25) is 0 Å². The molecule has 2 atom stereocenters. The number of amides is 1. The zero-order valence-electron chi connectivity index (χ0n) is 9.25. The average molecular weight is 198 g/mol. The third-order valence-corrected chi connectivity index (χ3v) is 3.25. The SMILES string of the molecule is CCC(N)C(=O)N[C@H](C)C1CCCC1. The lowest BCUT2D eigenvalue weighted by molar-refractivity contribution is -0.123. The topological polar surface area (TPSA) is 55.1 Å². The second kappa shape index (κ2) is 5.35. The number of nitrogens with two attached hydrogens (primary N) is 1. The van der Waals surface area contributed by atoms with E-state index in [4.69, 9.17) is 5.73 Å². The van der Waals surface area contributed by atoms with Gasteiger partial charge in [-0.25, -0.2) is 0 Å². The standard InChI is InChI=1S/C11H22N2O/c1-3-10(12)11(14)13-8(2)9-6-4-5-7-9/h8-10H,3-7,12H2,1-2H3,(H,13,14)/t8-,10?/m1/s1. The Morgan fingerprint density at radius 1 is 1.50 bits per heavy atom. The van der Waals surface area contributed by atoms with Gasteiger partial charge in [-0.3, -0.25) is 4.79 Å². The fourth-order valence-electron chi connectivity index (χ4n) is 2.09. The van der Waals surface area contributed by atoms with Crippen molar-refractivity contribution >= 4 is 5.91 Å². The van der Waals surface area contributed by atoms with E-state index in [2.05, 4.69) is 12.2 Å². The molecule has 82 valence electrons. The molecule has 0 saturated heterocycles. The Morgan fingerprint density at radius 2 is 2.07 bits per heavy atom. The van der Waals surface area contributed by atoms with Crippen molar-refractivity contribution in [3.63, 3.8) is 0 Å². The molecule has 14 heavy (non-hydrogen) atoms. The largest absolute Gasteiger partial charge is 0.352 e. The number of rotatable bonds is 4. The average Bonchev–Trinajstić information content (AvgIpc) is 2.69. The van der Waals surface area contributed by atoms with Gasteiger partial charge in [0.2, 0.25) is 5.91 Å². The van der Waals surface area contributed by atoms with E-state index in [0.29, 0.717) is 18.4 Å². The molecule has 0 aromatic carbocycles. The summed E-state index contributed by atoms with van der Waals surface area (Å²) in [5.41, 5.74) is 5.65. The first-order chi connectivity index (χ1) is 6.65. The molecule has 3 N–H and O–H groups in total. The molecular formula is C11H22N2O. The van der Waals surface area contributed by atoms with Crippen LogP contribution in [0.25, 0.3) is 0 Å². The van der Waals surface area contributed by atoms with E-state index in [1.807, 2.05) is 6.92 Å². The Bertz CT molecular complexity index is 188. The van der Waals surface area contributed by atoms with Gasteiger partial charge in [-0.2, -0.15) is 0 Å². The molecule has 0 bridgehead atoms. The van der Waals surface area contributed by atoms with Gasteiger partial charge in [-0.15, -0.1) is 0 Å². The maximum atomic E-state index is 11.5. The smallest absolute Gasteiger partial charge is 0.237 e. The Morgan fingerprint density at radius 3 is 2.57 bits per heavy atom. The maximum absolute atomic E-state index is 11.5. The molecule has 1 amide bonds. The van der Waals surface area contributed by atoms with E-state index in [1.54, 1.807) is 0 Å². The summed E-state index contributed by atoms with van der Waals surface area (Å²) >= 11 is 0. The van der Waals surface area contributed by atoms with Gasteiger partial charge < -0.3 is 11.1 Å². The first-order valence-electron chi connectivity index (χ1n) is 5.71. The van der Waals surface area contributed by atoms with E-state index >= 15 is 0 Å². The summed E-state index contributed by atoms with van der Waals surface area (Å²) in [4.78, 5) is 11.5. The van der Waals surface area contributed by atoms with E-state index in [1.165, 1.54) is 25.7 Å². The van der Waals surface area contributed by atoms with Crippen molar-refractivity contribution in [2.45, 2.75) is 58.0 Å². The Labute approximate surface area is 86.4 Å². The molecule has 0 spiro atoms. The zero-order valence-corrected chi connectivity index (χ0v) is 9.25. The molecule has 0 heterocycles. The van der Waals surface area contributed by atoms with Gasteiger partial charge in [0, 0.05) is 6.04 Å². The molecule has 0 aliphatic heterocycles. The number of nitrogens with one attached hydrogen (secondary N) is 1. The minimum Gasteiger partial charge on any atom is -0.352 e. The highest BCUT2D eigenvalue weighted by Crippen LogP contribution is 2.27. The normalized spacial score (nSPS) is 21.9. The molecule has 1 rings (SSSR count). The van der Waals surface area contributed by atoms with Crippen LogP contribution in [0.3, 0.4) is 0 Å². The molecule has 1 fully saturated rings. The lowest BCUT2D eigenvalue weighted by Gasteiger charge is -2.22. The van der Waals surface area contributed by atoms with E-state index in [9.17, 15) is 4.79 Å². The molecule has 3 nitrogen and oxygen atoms in total. The lowest BCUT2D eigenvalue weighted by atomic mass is 9.99. The zero-order chi connectivity index (χ0) is 10.6. The van der Waals surface area contributed by atoms with Gasteiger partial charge in [-0.1, -0.05) is 19.8 Å². The summed E-state index contributed by atoms with van der Waals surface area (Å²) in [7, 11) is 0. The fraction of sp³-hybridized carbons (Fsp3) is 0.909. The lowest BCUT2D eigenvalue weighted by Crippen LogP contribution is -2.46. The molecule has 1 aliphatic rings.